The zero-order valence-electron chi connectivity index (χ0n) is 13.1. The topological polar surface area (TPSA) is 35.5 Å². The molecule has 3 nitrogen and oxygen atoms in total. The van der Waals surface area contributed by atoms with Crippen LogP contribution >= 0.6 is 0 Å². The van der Waals surface area contributed by atoms with Gasteiger partial charge in [0.1, 0.15) is 23.7 Å². The van der Waals surface area contributed by atoms with Crippen molar-refractivity contribution in [2.24, 2.45) is 0 Å². The summed E-state index contributed by atoms with van der Waals surface area (Å²) in [5.41, 5.74) is 0.923. The lowest BCUT2D eigenvalue weighted by Gasteiger charge is -2.11. The maximum absolute atomic E-state index is 13.6. The van der Waals surface area contributed by atoms with Gasteiger partial charge >= 0.3 is 5.97 Å². The number of rotatable bonds is 5. The molecule has 3 aromatic carbocycles. The molecule has 25 heavy (non-hydrogen) atoms. The van der Waals surface area contributed by atoms with Crippen LogP contribution in [0.15, 0.2) is 72.8 Å². The van der Waals surface area contributed by atoms with E-state index in [1.807, 2.05) is 0 Å². The number of halogens is 2. The molecule has 3 aromatic rings. The highest BCUT2D eigenvalue weighted by Gasteiger charge is 2.16. The predicted octanol–water partition coefficient (Wildman–Crippen LogP) is 4.76. The summed E-state index contributed by atoms with van der Waals surface area (Å²) < 4.78 is 37.3. The van der Waals surface area contributed by atoms with Crippen molar-refractivity contribution in [1.29, 1.82) is 0 Å². The van der Waals surface area contributed by atoms with Crippen molar-refractivity contribution < 1.29 is 23.0 Å². The molecule has 0 aliphatic heterocycles. The van der Waals surface area contributed by atoms with Gasteiger partial charge in [0.25, 0.3) is 0 Å². The van der Waals surface area contributed by atoms with Gasteiger partial charge in [-0.2, -0.15) is 0 Å². The summed E-state index contributed by atoms with van der Waals surface area (Å²) in [5.74, 6) is -1.54. The molecule has 0 aromatic heterocycles. The van der Waals surface area contributed by atoms with E-state index in [9.17, 15) is 13.6 Å². The van der Waals surface area contributed by atoms with Crippen LogP contribution in [0.1, 0.15) is 15.9 Å². The third-order valence-corrected chi connectivity index (χ3v) is 3.45. The Labute approximate surface area is 143 Å². The number of esters is 1. The lowest BCUT2D eigenvalue weighted by Crippen LogP contribution is -2.11. The molecule has 0 spiro atoms. The normalized spacial score (nSPS) is 10.3. The Morgan fingerprint density at radius 3 is 2.16 bits per heavy atom. The quantitative estimate of drug-likeness (QED) is 0.496. The molecule has 0 radical (unpaired) electrons. The standard InChI is InChI=1S/C20H14F2O3/c21-15-11-9-14(10-12-15)13-24-18-7-3-1-5-16(18)20(23)25-19-8-4-2-6-17(19)22/h1-12H,13H2. The van der Waals surface area contributed by atoms with Crippen molar-refractivity contribution in [3.05, 3.63) is 95.6 Å². The van der Waals surface area contributed by atoms with Gasteiger partial charge in [-0.1, -0.05) is 36.4 Å². The average molecular weight is 340 g/mol. The number of ether oxygens (including phenoxy) is 2. The largest absolute Gasteiger partial charge is 0.488 e. The van der Waals surface area contributed by atoms with Gasteiger partial charge < -0.3 is 9.47 Å². The van der Waals surface area contributed by atoms with Crippen LogP contribution in [0.4, 0.5) is 8.78 Å². The summed E-state index contributed by atoms with van der Waals surface area (Å²) in [6, 6.07) is 18.0. The minimum Gasteiger partial charge on any atom is -0.488 e. The number of carbonyl (C=O) groups excluding carboxylic acids is 1. The molecule has 0 heterocycles. The first-order valence-corrected chi connectivity index (χ1v) is 7.56. The molecule has 0 bridgehead atoms. The van der Waals surface area contributed by atoms with Crippen molar-refractivity contribution in [2.45, 2.75) is 6.61 Å². The molecule has 0 aliphatic rings. The summed E-state index contributed by atoms with van der Waals surface area (Å²) in [6.45, 7) is 0.157. The van der Waals surface area contributed by atoms with Gasteiger partial charge in [0.2, 0.25) is 0 Å². The van der Waals surface area contributed by atoms with E-state index >= 15 is 0 Å². The van der Waals surface area contributed by atoms with Crippen molar-refractivity contribution in [3.8, 4) is 11.5 Å². The Balaban J connectivity index is 1.75. The van der Waals surface area contributed by atoms with Crippen molar-refractivity contribution >= 4 is 5.97 Å². The Kier molecular flexibility index (Phi) is 5.04. The van der Waals surface area contributed by atoms with E-state index in [0.717, 1.165) is 5.56 Å². The minimum atomic E-state index is -0.722. The van der Waals surface area contributed by atoms with E-state index in [2.05, 4.69) is 0 Å². The molecule has 0 saturated carbocycles. The molecule has 3 rings (SSSR count). The van der Waals surface area contributed by atoms with E-state index in [-0.39, 0.29) is 23.7 Å². The zero-order valence-corrected chi connectivity index (χ0v) is 13.1. The Hall–Kier alpha value is -3.21. The zero-order chi connectivity index (χ0) is 17.6. The highest BCUT2D eigenvalue weighted by molar-refractivity contribution is 5.94. The highest BCUT2D eigenvalue weighted by Crippen LogP contribution is 2.23. The minimum absolute atomic E-state index is 0.152. The molecular formula is C20H14F2O3. The summed E-state index contributed by atoms with van der Waals surface area (Å²) in [7, 11) is 0. The van der Waals surface area contributed by atoms with Crippen molar-refractivity contribution in [2.75, 3.05) is 0 Å². The van der Waals surface area contributed by atoms with Gasteiger partial charge in [0.05, 0.1) is 0 Å². The number of hydrogen-bond donors (Lipinski definition) is 0. The Morgan fingerprint density at radius 2 is 1.44 bits per heavy atom. The second-order valence-electron chi connectivity index (χ2n) is 5.23. The van der Waals surface area contributed by atoms with Crippen LogP contribution in [-0.2, 0) is 6.61 Å². The van der Waals surface area contributed by atoms with E-state index in [1.165, 1.54) is 36.4 Å². The van der Waals surface area contributed by atoms with Crippen LogP contribution in [-0.4, -0.2) is 5.97 Å². The lowest BCUT2D eigenvalue weighted by atomic mass is 10.2. The molecule has 0 fully saturated rings. The molecule has 0 aliphatic carbocycles. The van der Waals surface area contributed by atoms with E-state index < -0.39 is 11.8 Å². The van der Waals surface area contributed by atoms with Gasteiger partial charge in [-0.25, -0.2) is 13.6 Å². The second kappa shape index (κ2) is 7.57. The summed E-state index contributed by atoms with van der Waals surface area (Å²) in [6.07, 6.45) is 0. The first-order valence-electron chi connectivity index (χ1n) is 7.56. The number of carbonyl (C=O) groups is 1. The predicted molar refractivity (Wildman–Crippen MR) is 88.5 cm³/mol. The third-order valence-electron chi connectivity index (χ3n) is 3.45. The van der Waals surface area contributed by atoms with E-state index in [1.54, 1.807) is 36.4 Å². The fourth-order valence-corrected chi connectivity index (χ4v) is 2.19. The molecule has 5 heteroatoms. The summed E-state index contributed by atoms with van der Waals surface area (Å²) >= 11 is 0. The molecule has 0 amide bonds. The Morgan fingerprint density at radius 1 is 0.800 bits per heavy atom. The molecule has 0 saturated heterocycles. The average Bonchev–Trinajstić information content (AvgIpc) is 2.63. The smallest absolute Gasteiger partial charge is 0.347 e. The van der Waals surface area contributed by atoms with Crippen LogP contribution < -0.4 is 9.47 Å². The SMILES string of the molecule is O=C(Oc1ccccc1F)c1ccccc1OCc1ccc(F)cc1. The van der Waals surface area contributed by atoms with Gasteiger partial charge in [-0.15, -0.1) is 0 Å². The van der Waals surface area contributed by atoms with Crippen molar-refractivity contribution in [3.63, 3.8) is 0 Å². The summed E-state index contributed by atoms with van der Waals surface area (Å²) in [5, 5.41) is 0. The molecular weight excluding hydrogens is 326 g/mol. The molecule has 0 atom stereocenters. The van der Waals surface area contributed by atoms with Crippen molar-refractivity contribution in [1.82, 2.24) is 0 Å². The van der Waals surface area contributed by atoms with E-state index in [0.29, 0.717) is 5.75 Å². The Bertz CT molecular complexity index is 876. The van der Waals surface area contributed by atoms with Crippen LogP contribution in [0, 0.1) is 11.6 Å². The first kappa shape index (κ1) is 16.6. The van der Waals surface area contributed by atoms with Crippen LogP contribution in [0.2, 0.25) is 0 Å². The van der Waals surface area contributed by atoms with E-state index in [4.69, 9.17) is 9.47 Å². The van der Waals surface area contributed by atoms with Gasteiger partial charge in [-0.3, -0.25) is 0 Å². The molecule has 0 N–H and O–H groups in total. The maximum Gasteiger partial charge on any atom is 0.347 e. The fourth-order valence-electron chi connectivity index (χ4n) is 2.19. The van der Waals surface area contributed by atoms with Crippen LogP contribution in [0.3, 0.4) is 0 Å². The van der Waals surface area contributed by atoms with Gasteiger partial charge in [0, 0.05) is 0 Å². The maximum atomic E-state index is 13.6. The number of para-hydroxylation sites is 2. The number of hydrogen-bond acceptors (Lipinski definition) is 3. The van der Waals surface area contributed by atoms with Crippen LogP contribution in [0.5, 0.6) is 11.5 Å². The monoisotopic (exact) mass is 340 g/mol. The second-order valence-corrected chi connectivity index (χ2v) is 5.23. The van der Waals surface area contributed by atoms with Gasteiger partial charge in [-0.05, 0) is 42.0 Å². The highest BCUT2D eigenvalue weighted by atomic mass is 19.1. The van der Waals surface area contributed by atoms with Gasteiger partial charge in [0.15, 0.2) is 11.6 Å². The fraction of sp³-hybridized carbons (Fsp3) is 0.0500. The van der Waals surface area contributed by atoms with Crippen LogP contribution in [0.25, 0.3) is 0 Å². The number of benzene rings is 3. The summed E-state index contributed by atoms with van der Waals surface area (Å²) in [4.78, 5) is 12.3. The third kappa shape index (κ3) is 4.20. The molecule has 0 unspecified atom stereocenters. The first-order chi connectivity index (χ1) is 12.1. The lowest BCUT2D eigenvalue weighted by molar-refractivity contribution is 0.0723. The molecule has 126 valence electrons.